The Kier molecular flexibility index (Phi) is 4.68. The lowest BCUT2D eigenvalue weighted by Crippen LogP contribution is -2.46. The van der Waals surface area contributed by atoms with Crippen LogP contribution in [0.5, 0.6) is 0 Å². The summed E-state index contributed by atoms with van der Waals surface area (Å²) in [4.78, 5) is 22.3. The SMILES string of the molecule is CC(N)CC(=O)NC1CCN(c2ncccn2)CC1. The number of hydrogen-bond donors (Lipinski definition) is 2. The first-order chi connectivity index (χ1) is 9.15. The van der Waals surface area contributed by atoms with Gasteiger partial charge in [-0.1, -0.05) is 0 Å². The summed E-state index contributed by atoms with van der Waals surface area (Å²) in [6.45, 7) is 3.58. The summed E-state index contributed by atoms with van der Waals surface area (Å²) in [5, 5.41) is 3.04. The van der Waals surface area contributed by atoms with Gasteiger partial charge in [-0.25, -0.2) is 9.97 Å². The van der Waals surface area contributed by atoms with E-state index in [2.05, 4.69) is 20.2 Å². The van der Waals surface area contributed by atoms with Gasteiger partial charge in [-0.2, -0.15) is 0 Å². The topological polar surface area (TPSA) is 84.1 Å². The molecule has 6 nitrogen and oxygen atoms in total. The Morgan fingerprint density at radius 2 is 2.11 bits per heavy atom. The van der Waals surface area contributed by atoms with Gasteiger partial charge < -0.3 is 16.0 Å². The quantitative estimate of drug-likeness (QED) is 0.816. The van der Waals surface area contributed by atoms with Crippen LogP contribution in [0.25, 0.3) is 0 Å². The van der Waals surface area contributed by atoms with Crippen molar-refractivity contribution in [2.45, 2.75) is 38.3 Å². The van der Waals surface area contributed by atoms with Gasteiger partial charge in [-0.15, -0.1) is 0 Å². The number of anilines is 1. The minimum Gasteiger partial charge on any atom is -0.353 e. The van der Waals surface area contributed by atoms with E-state index in [0.29, 0.717) is 6.42 Å². The van der Waals surface area contributed by atoms with Crippen molar-refractivity contribution in [3.63, 3.8) is 0 Å². The molecule has 0 aromatic carbocycles. The first kappa shape index (κ1) is 13.7. The summed E-state index contributed by atoms with van der Waals surface area (Å²) >= 11 is 0. The van der Waals surface area contributed by atoms with E-state index in [1.807, 2.05) is 13.0 Å². The molecular formula is C13H21N5O. The fourth-order valence-corrected chi connectivity index (χ4v) is 2.26. The van der Waals surface area contributed by atoms with Gasteiger partial charge in [0, 0.05) is 44.0 Å². The van der Waals surface area contributed by atoms with Crippen LogP contribution < -0.4 is 16.0 Å². The molecule has 1 aromatic rings. The third-order valence-corrected chi connectivity index (χ3v) is 3.20. The molecule has 2 heterocycles. The Hall–Kier alpha value is -1.69. The van der Waals surface area contributed by atoms with E-state index in [1.54, 1.807) is 12.4 Å². The van der Waals surface area contributed by atoms with E-state index in [4.69, 9.17) is 5.73 Å². The van der Waals surface area contributed by atoms with Crippen LogP contribution in [-0.2, 0) is 4.79 Å². The number of nitrogens with one attached hydrogen (secondary N) is 1. The molecule has 2 rings (SSSR count). The number of nitrogens with two attached hydrogens (primary N) is 1. The van der Waals surface area contributed by atoms with Crippen molar-refractivity contribution in [2.75, 3.05) is 18.0 Å². The third kappa shape index (κ3) is 4.17. The molecule has 0 spiro atoms. The Morgan fingerprint density at radius 1 is 1.47 bits per heavy atom. The van der Waals surface area contributed by atoms with Crippen molar-refractivity contribution in [3.05, 3.63) is 18.5 Å². The van der Waals surface area contributed by atoms with Crippen LogP contribution in [0, 0.1) is 0 Å². The zero-order valence-electron chi connectivity index (χ0n) is 11.2. The first-order valence-electron chi connectivity index (χ1n) is 6.72. The van der Waals surface area contributed by atoms with E-state index in [9.17, 15) is 4.79 Å². The van der Waals surface area contributed by atoms with Crippen molar-refractivity contribution < 1.29 is 4.79 Å². The van der Waals surface area contributed by atoms with Crippen molar-refractivity contribution >= 4 is 11.9 Å². The van der Waals surface area contributed by atoms with Gasteiger partial charge in [-0.05, 0) is 25.8 Å². The number of carbonyl (C=O) groups excluding carboxylic acids is 1. The van der Waals surface area contributed by atoms with Crippen LogP contribution in [0.4, 0.5) is 5.95 Å². The van der Waals surface area contributed by atoms with Crippen molar-refractivity contribution in [3.8, 4) is 0 Å². The van der Waals surface area contributed by atoms with Gasteiger partial charge in [-0.3, -0.25) is 4.79 Å². The van der Waals surface area contributed by atoms with Gasteiger partial charge in [0.05, 0.1) is 0 Å². The average Bonchev–Trinajstić information content (AvgIpc) is 2.39. The second-order valence-electron chi connectivity index (χ2n) is 5.06. The maximum Gasteiger partial charge on any atom is 0.225 e. The molecule has 1 fully saturated rings. The zero-order valence-corrected chi connectivity index (χ0v) is 11.2. The van der Waals surface area contributed by atoms with Crippen LogP contribution in [0.2, 0.25) is 0 Å². The number of nitrogens with zero attached hydrogens (tertiary/aromatic N) is 3. The summed E-state index contributed by atoms with van der Waals surface area (Å²) in [6, 6.07) is 1.97. The predicted molar refractivity (Wildman–Crippen MR) is 73.7 cm³/mol. The number of rotatable bonds is 4. The molecule has 1 unspecified atom stereocenters. The van der Waals surface area contributed by atoms with Crippen LogP contribution in [0.3, 0.4) is 0 Å². The number of amides is 1. The minimum atomic E-state index is -0.0854. The molecule has 0 saturated carbocycles. The maximum atomic E-state index is 11.6. The highest BCUT2D eigenvalue weighted by Gasteiger charge is 2.22. The van der Waals surface area contributed by atoms with Crippen molar-refractivity contribution in [1.82, 2.24) is 15.3 Å². The van der Waals surface area contributed by atoms with Gasteiger partial charge >= 0.3 is 0 Å². The van der Waals surface area contributed by atoms with E-state index < -0.39 is 0 Å². The molecule has 0 aliphatic carbocycles. The predicted octanol–water partition coefficient (Wildman–Crippen LogP) is 0.299. The fourth-order valence-electron chi connectivity index (χ4n) is 2.26. The van der Waals surface area contributed by atoms with E-state index >= 15 is 0 Å². The van der Waals surface area contributed by atoms with Crippen LogP contribution in [0.15, 0.2) is 18.5 Å². The smallest absolute Gasteiger partial charge is 0.225 e. The molecule has 1 aromatic heterocycles. The third-order valence-electron chi connectivity index (χ3n) is 3.20. The van der Waals surface area contributed by atoms with E-state index in [1.165, 1.54) is 0 Å². The normalized spacial score (nSPS) is 18.1. The van der Waals surface area contributed by atoms with Gasteiger partial charge in [0.25, 0.3) is 0 Å². The summed E-state index contributed by atoms with van der Waals surface area (Å²) in [5.41, 5.74) is 5.61. The Balaban J connectivity index is 1.78. The molecule has 0 radical (unpaired) electrons. The lowest BCUT2D eigenvalue weighted by Gasteiger charge is -2.32. The standard InChI is InChI=1S/C13H21N5O/c1-10(14)9-12(19)17-11-3-7-18(8-4-11)13-15-5-2-6-16-13/h2,5-6,10-11H,3-4,7-9,14H2,1H3,(H,17,19). The molecule has 19 heavy (non-hydrogen) atoms. The highest BCUT2D eigenvalue weighted by Crippen LogP contribution is 2.15. The summed E-state index contributed by atoms with van der Waals surface area (Å²) in [5.74, 6) is 0.812. The largest absolute Gasteiger partial charge is 0.353 e. The van der Waals surface area contributed by atoms with Crippen LogP contribution in [0.1, 0.15) is 26.2 Å². The first-order valence-corrected chi connectivity index (χ1v) is 6.72. The van der Waals surface area contributed by atoms with E-state index in [-0.39, 0.29) is 18.0 Å². The summed E-state index contributed by atoms with van der Waals surface area (Å²) in [7, 11) is 0. The van der Waals surface area contributed by atoms with Crippen LogP contribution >= 0.6 is 0 Å². The highest BCUT2D eigenvalue weighted by atomic mass is 16.1. The molecule has 1 aliphatic heterocycles. The van der Waals surface area contributed by atoms with Crippen LogP contribution in [-0.4, -0.2) is 41.0 Å². The lowest BCUT2D eigenvalue weighted by atomic mass is 10.0. The number of piperidine rings is 1. The molecule has 1 atom stereocenters. The lowest BCUT2D eigenvalue weighted by molar-refractivity contribution is -0.122. The highest BCUT2D eigenvalue weighted by molar-refractivity contribution is 5.76. The minimum absolute atomic E-state index is 0.0458. The zero-order chi connectivity index (χ0) is 13.7. The Labute approximate surface area is 113 Å². The van der Waals surface area contributed by atoms with Gasteiger partial charge in [0.2, 0.25) is 11.9 Å². The van der Waals surface area contributed by atoms with Gasteiger partial charge in [0.15, 0.2) is 0 Å². The molecule has 3 N–H and O–H groups in total. The average molecular weight is 263 g/mol. The monoisotopic (exact) mass is 263 g/mol. The Morgan fingerprint density at radius 3 is 2.68 bits per heavy atom. The maximum absolute atomic E-state index is 11.6. The second kappa shape index (κ2) is 6.47. The molecule has 1 saturated heterocycles. The van der Waals surface area contributed by atoms with Gasteiger partial charge in [0.1, 0.15) is 0 Å². The number of aromatic nitrogens is 2. The van der Waals surface area contributed by atoms with E-state index in [0.717, 1.165) is 31.9 Å². The summed E-state index contributed by atoms with van der Waals surface area (Å²) < 4.78 is 0. The number of hydrogen-bond acceptors (Lipinski definition) is 5. The van der Waals surface area contributed by atoms with Crippen molar-refractivity contribution in [2.24, 2.45) is 5.73 Å². The molecule has 104 valence electrons. The molecule has 1 amide bonds. The fraction of sp³-hybridized carbons (Fsp3) is 0.615. The molecular weight excluding hydrogens is 242 g/mol. The second-order valence-corrected chi connectivity index (χ2v) is 5.06. The summed E-state index contributed by atoms with van der Waals surface area (Å²) in [6.07, 6.45) is 5.73. The molecule has 1 aliphatic rings. The Bertz CT molecular complexity index is 401. The van der Waals surface area contributed by atoms with Crippen molar-refractivity contribution in [1.29, 1.82) is 0 Å². The number of carbonyl (C=O) groups is 1. The molecule has 0 bridgehead atoms. The molecule has 6 heteroatoms.